The maximum absolute atomic E-state index is 12.3. The van der Waals surface area contributed by atoms with Crippen molar-refractivity contribution < 1.29 is 34.5 Å². The number of nitrogens with zero attached hydrogens (tertiary/aromatic N) is 1. The van der Waals surface area contributed by atoms with Crippen molar-refractivity contribution in [2.45, 2.75) is 18.1 Å². The maximum Gasteiger partial charge on any atom is 0.339 e. The number of anilines is 1. The van der Waals surface area contributed by atoms with Crippen LogP contribution in [0.25, 0.3) is 0 Å². The fourth-order valence-electron chi connectivity index (χ4n) is 2.13. The summed E-state index contributed by atoms with van der Waals surface area (Å²) in [6.07, 6.45) is -0.179. The molecule has 0 radical (unpaired) electrons. The van der Waals surface area contributed by atoms with Crippen LogP contribution in [-0.2, 0) is 14.4 Å². The van der Waals surface area contributed by atoms with Crippen LogP contribution in [0.4, 0.5) is 5.69 Å². The quantitative estimate of drug-likeness (QED) is 0.652. The second-order valence-corrected chi connectivity index (χ2v) is 6.09. The van der Waals surface area contributed by atoms with Crippen molar-refractivity contribution >= 4 is 41.2 Å². The van der Waals surface area contributed by atoms with Gasteiger partial charge in [0.1, 0.15) is 11.3 Å². The number of benzene rings is 1. The van der Waals surface area contributed by atoms with Crippen LogP contribution in [0.3, 0.4) is 0 Å². The van der Waals surface area contributed by atoms with Crippen molar-refractivity contribution in [1.82, 2.24) is 0 Å². The number of thioether (sulfide) groups is 1. The normalized spacial score (nSPS) is 17.6. The maximum atomic E-state index is 12.3. The predicted octanol–water partition coefficient (Wildman–Crippen LogP) is 0.930. The van der Waals surface area contributed by atoms with Gasteiger partial charge in [0.15, 0.2) is 0 Å². The van der Waals surface area contributed by atoms with Gasteiger partial charge in [-0.1, -0.05) is 0 Å². The molecule has 1 saturated heterocycles. The number of amides is 2. The van der Waals surface area contributed by atoms with E-state index in [1.165, 1.54) is 6.07 Å². The number of carbonyl (C=O) groups excluding carboxylic acids is 2. The number of imide groups is 1. The molecule has 0 spiro atoms. The molecule has 122 valence electrons. The van der Waals surface area contributed by atoms with E-state index in [0.717, 1.165) is 28.8 Å². The zero-order chi connectivity index (χ0) is 17.1. The Morgan fingerprint density at radius 2 is 1.96 bits per heavy atom. The van der Waals surface area contributed by atoms with Gasteiger partial charge in [0.05, 0.1) is 17.4 Å². The highest BCUT2D eigenvalue weighted by Gasteiger charge is 2.40. The number of phenols is 1. The van der Waals surface area contributed by atoms with E-state index in [1.807, 2.05) is 0 Å². The Hall–Kier alpha value is -2.55. The Morgan fingerprint density at radius 1 is 1.26 bits per heavy atom. The van der Waals surface area contributed by atoms with E-state index in [-0.39, 0.29) is 29.8 Å². The molecule has 2 rings (SSSR count). The summed E-state index contributed by atoms with van der Waals surface area (Å²) in [6, 6.07) is 3.42. The second-order valence-electron chi connectivity index (χ2n) is 4.78. The van der Waals surface area contributed by atoms with Crippen molar-refractivity contribution in [3.05, 3.63) is 23.8 Å². The number of hydrogen-bond acceptors (Lipinski definition) is 6. The number of carbonyl (C=O) groups is 4. The van der Waals surface area contributed by atoms with E-state index in [0.29, 0.717) is 0 Å². The second kappa shape index (κ2) is 6.69. The molecule has 1 atom stereocenters. The number of rotatable bonds is 6. The first-order valence-corrected chi connectivity index (χ1v) is 7.62. The third kappa shape index (κ3) is 3.62. The molecule has 1 aromatic rings. The summed E-state index contributed by atoms with van der Waals surface area (Å²) < 4.78 is 0. The first-order valence-electron chi connectivity index (χ1n) is 6.57. The van der Waals surface area contributed by atoms with Crippen LogP contribution in [-0.4, -0.2) is 50.1 Å². The van der Waals surface area contributed by atoms with Crippen LogP contribution >= 0.6 is 11.8 Å². The standard InChI is InChI=1S/C14H13NO7S/c16-9-5-7(1-2-8(9)14(21)22)15-11(17)6-10(13(15)20)23-4-3-12(18)19/h1-2,5,10,16H,3-4,6H2,(H,18,19)(H,21,22). The average molecular weight is 339 g/mol. The molecule has 1 heterocycles. The minimum Gasteiger partial charge on any atom is -0.507 e. The van der Waals surface area contributed by atoms with E-state index in [9.17, 15) is 24.3 Å². The highest BCUT2D eigenvalue weighted by Crippen LogP contribution is 2.32. The fourth-order valence-corrected chi connectivity index (χ4v) is 3.22. The van der Waals surface area contributed by atoms with Crippen molar-refractivity contribution in [1.29, 1.82) is 0 Å². The molecule has 1 aromatic carbocycles. The lowest BCUT2D eigenvalue weighted by Gasteiger charge is -2.15. The molecule has 0 bridgehead atoms. The zero-order valence-electron chi connectivity index (χ0n) is 11.8. The van der Waals surface area contributed by atoms with Gasteiger partial charge >= 0.3 is 11.9 Å². The van der Waals surface area contributed by atoms with E-state index in [2.05, 4.69) is 0 Å². The molecule has 1 aliphatic rings. The number of aliphatic carboxylic acids is 1. The molecule has 1 unspecified atom stereocenters. The van der Waals surface area contributed by atoms with Gasteiger partial charge < -0.3 is 15.3 Å². The van der Waals surface area contributed by atoms with E-state index in [1.54, 1.807) is 0 Å². The van der Waals surface area contributed by atoms with Crippen LogP contribution in [0, 0.1) is 0 Å². The Kier molecular flexibility index (Phi) is 4.89. The summed E-state index contributed by atoms with van der Waals surface area (Å²) in [4.78, 5) is 46.5. The SMILES string of the molecule is O=C(O)CCSC1CC(=O)N(c2ccc(C(=O)O)c(O)c2)C1=O. The van der Waals surface area contributed by atoms with E-state index < -0.39 is 34.8 Å². The van der Waals surface area contributed by atoms with Crippen molar-refractivity contribution in [3.8, 4) is 5.75 Å². The molecule has 9 heteroatoms. The summed E-state index contributed by atoms with van der Waals surface area (Å²) in [6.45, 7) is 0. The molecular weight excluding hydrogens is 326 g/mol. The van der Waals surface area contributed by atoms with Gasteiger partial charge in [-0.25, -0.2) is 9.69 Å². The molecule has 23 heavy (non-hydrogen) atoms. The molecule has 2 amide bonds. The Bertz CT molecular complexity index is 688. The van der Waals surface area contributed by atoms with Gasteiger partial charge in [-0.2, -0.15) is 0 Å². The minimum atomic E-state index is -1.32. The number of carboxylic acid groups (broad SMARTS) is 2. The lowest BCUT2D eigenvalue weighted by Crippen LogP contribution is -2.31. The van der Waals surface area contributed by atoms with Gasteiger partial charge in [0, 0.05) is 18.2 Å². The Balaban J connectivity index is 2.15. The topological polar surface area (TPSA) is 132 Å². The first kappa shape index (κ1) is 16.8. The van der Waals surface area contributed by atoms with Gasteiger partial charge in [0.25, 0.3) is 0 Å². The summed E-state index contributed by atoms with van der Waals surface area (Å²) in [5.74, 6) is -3.64. The molecule has 0 aliphatic carbocycles. The predicted molar refractivity (Wildman–Crippen MR) is 80.7 cm³/mol. The number of hydrogen-bond donors (Lipinski definition) is 3. The van der Waals surface area contributed by atoms with Gasteiger partial charge in [-0.15, -0.1) is 11.8 Å². The van der Waals surface area contributed by atoms with Gasteiger partial charge in [-0.3, -0.25) is 14.4 Å². The number of carboxylic acids is 2. The molecule has 0 saturated carbocycles. The average Bonchev–Trinajstić information content (AvgIpc) is 2.72. The highest BCUT2D eigenvalue weighted by molar-refractivity contribution is 8.00. The van der Waals surface area contributed by atoms with Crippen LogP contribution in [0.2, 0.25) is 0 Å². The minimum absolute atomic E-state index is 0.0649. The van der Waals surface area contributed by atoms with Crippen LogP contribution in [0.5, 0.6) is 5.75 Å². The molecule has 1 fully saturated rings. The number of aromatic carboxylic acids is 1. The summed E-state index contributed by atoms with van der Waals surface area (Å²) in [5, 5.41) is 26.4. The van der Waals surface area contributed by atoms with Crippen molar-refractivity contribution in [2.24, 2.45) is 0 Å². The van der Waals surface area contributed by atoms with E-state index in [4.69, 9.17) is 10.2 Å². The lowest BCUT2D eigenvalue weighted by atomic mass is 10.1. The number of aromatic hydroxyl groups is 1. The molecule has 3 N–H and O–H groups in total. The largest absolute Gasteiger partial charge is 0.507 e. The Morgan fingerprint density at radius 3 is 2.52 bits per heavy atom. The lowest BCUT2D eigenvalue weighted by molar-refractivity contribution is -0.136. The third-order valence-corrected chi connectivity index (χ3v) is 4.42. The van der Waals surface area contributed by atoms with Crippen molar-refractivity contribution in [2.75, 3.05) is 10.7 Å². The molecule has 8 nitrogen and oxygen atoms in total. The third-order valence-electron chi connectivity index (χ3n) is 3.21. The molecule has 0 aromatic heterocycles. The summed E-state index contributed by atoms with van der Waals surface area (Å²) in [5.41, 5.74) is -0.246. The molecular formula is C14H13NO7S. The van der Waals surface area contributed by atoms with Crippen molar-refractivity contribution in [3.63, 3.8) is 0 Å². The first-order chi connectivity index (χ1) is 10.8. The van der Waals surface area contributed by atoms with Gasteiger partial charge in [-0.05, 0) is 12.1 Å². The highest BCUT2D eigenvalue weighted by atomic mass is 32.2. The van der Waals surface area contributed by atoms with Crippen LogP contribution < -0.4 is 4.90 Å². The molecule has 1 aliphatic heterocycles. The monoisotopic (exact) mass is 339 g/mol. The zero-order valence-corrected chi connectivity index (χ0v) is 12.6. The van der Waals surface area contributed by atoms with Gasteiger partial charge in [0.2, 0.25) is 11.8 Å². The summed E-state index contributed by atoms with van der Waals surface area (Å²) in [7, 11) is 0. The van der Waals surface area contributed by atoms with Crippen LogP contribution in [0.1, 0.15) is 23.2 Å². The Labute approximate surface area is 134 Å². The van der Waals surface area contributed by atoms with E-state index >= 15 is 0 Å². The smallest absolute Gasteiger partial charge is 0.339 e. The summed E-state index contributed by atoms with van der Waals surface area (Å²) >= 11 is 1.09. The van der Waals surface area contributed by atoms with Crippen LogP contribution in [0.15, 0.2) is 18.2 Å². The fraction of sp³-hybridized carbons (Fsp3) is 0.286.